The molecular weight excluding hydrogens is 356 g/mol. The molecule has 2 amide bonds. The zero-order valence-corrected chi connectivity index (χ0v) is 16.2. The Morgan fingerprint density at radius 1 is 1.18 bits per heavy atom. The summed E-state index contributed by atoms with van der Waals surface area (Å²) in [6, 6.07) is 6.94. The van der Waals surface area contributed by atoms with Gasteiger partial charge in [-0.2, -0.15) is 9.78 Å². The molecule has 2 aliphatic carbocycles. The number of benzene rings is 1. The number of hydrogen-bond acceptors (Lipinski definition) is 4. The van der Waals surface area contributed by atoms with Gasteiger partial charge in [0.05, 0.1) is 11.4 Å². The molecule has 0 atom stereocenters. The van der Waals surface area contributed by atoms with E-state index in [4.69, 9.17) is 0 Å². The fourth-order valence-corrected chi connectivity index (χ4v) is 3.26. The van der Waals surface area contributed by atoms with E-state index in [1.54, 1.807) is 12.1 Å². The van der Waals surface area contributed by atoms with Crippen LogP contribution < -0.4 is 10.6 Å². The van der Waals surface area contributed by atoms with Crippen molar-refractivity contribution >= 4 is 17.6 Å². The zero-order chi connectivity index (χ0) is 19.8. The second-order valence-electron chi connectivity index (χ2n) is 8.09. The van der Waals surface area contributed by atoms with Gasteiger partial charge >= 0.3 is 6.03 Å². The molecule has 1 aromatic heterocycles. The third-order valence-electron chi connectivity index (χ3n) is 5.42. The van der Waals surface area contributed by atoms with Gasteiger partial charge in [0.25, 0.3) is 0 Å². The average molecular weight is 382 g/mol. The highest BCUT2D eigenvalue weighted by atomic mass is 16.3. The summed E-state index contributed by atoms with van der Waals surface area (Å²) in [5, 5.41) is 20.8. The van der Waals surface area contributed by atoms with Crippen LogP contribution in [0, 0.1) is 5.92 Å². The van der Waals surface area contributed by atoms with Gasteiger partial charge in [0.2, 0.25) is 5.91 Å². The lowest BCUT2D eigenvalue weighted by Gasteiger charge is -2.25. The maximum Gasteiger partial charge on any atom is 0.342 e. The quantitative estimate of drug-likeness (QED) is 0.732. The molecule has 0 aliphatic heterocycles. The summed E-state index contributed by atoms with van der Waals surface area (Å²) in [5.41, 5.74) is 2.54. The number of amides is 2. The average Bonchev–Trinajstić information content (AvgIpc) is 3.30. The van der Waals surface area contributed by atoms with Crippen molar-refractivity contribution in [1.82, 2.24) is 15.1 Å². The van der Waals surface area contributed by atoms with Crippen LogP contribution in [-0.4, -0.2) is 32.9 Å². The largest absolute Gasteiger partial charge is 0.507 e. The molecule has 3 N–H and O–H groups in total. The first-order valence-corrected chi connectivity index (χ1v) is 9.97. The summed E-state index contributed by atoms with van der Waals surface area (Å²) in [6.07, 6.45) is 5.29. The molecule has 0 saturated heterocycles. The molecular formula is C21H26N4O3. The highest BCUT2D eigenvalue weighted by molar-refractivity contribution is 5.92. The molecule has 2 fully saturated rings. The monoisotopic (exact) mass is 382 g/mol. The van der Waals surface area contributed by atoms with E-state index in [9.17, 15) is 14.7 Å². The van der Waals surface area contributed by atoms with Crippen molar-refractivity contribution in [3.8, 4) is 17.0 Å². The molecule has 0 spiro atoms. The van der Waals surface area contributed by atoms with E-state index in [0.29, 0.717) is 22.9 Å². The molecule has 2 aromatic rings. The number of aromatic hydroxyl groups is 1. The van der Waals surface area contributed by atoms with E-state index >= 15 is 0 Å². The van der Waals surface area contributed by atoms with Crippen molar-refractivity contribution in [2.24, 2.45) is 5.92 Å². The highest BCUT2D eigenvalue weighted by Gasteiger charge is 2.30. The number of phenols is 1. The fraction of sp³-hybridized carbons (Fsp3) is 0.476. The number of aromatic nitrogens is 2. The molecule has 1 aromatic carbocycles. The first-order chi connectivity index (χ1) is 13.4. The predicted octanol–water partition coefficient (Wildman–Crippen LogP) is 3.84. The number of carbonyl (C=O) groups is 2. The Morgan fingerprint density at radius 3 is 2.50 bits per heavy atom. The number of phenolic OH excluding ortho intramolecular Hbond substituents is 1. The molecule has 148 valence electrons. The number of anilines is 1. The number of carbonyl (C=O) groups excluding carboxylic acids is 2. The van der Waals surface area contributed by atoms with Gasteiger partial charge in [0, 0.05) is 35.2 Å². The van der Waals surface area contributed by atoms with Gasteiger partial charge in [0.15, 0.2) is 0 Å². The van der Waals surface area contributed by atoms with Crippen LogP contribution in [0.3, 0.4) is 0 Å². The Kier molecular flexibility index (Phi) is 4.83. The zero-order valence-electron chi connectivity index (χ0n) is 16.2. The lowest BCUT2D eigenvalue weighted by Crippen LogP contribution is -2.33. The molecule has 0 bridgehead atoms. The van der Waals surface area contributed by atoms with E-state index in [-0.39, 0.29) is 29.6 Å². The number of rotatable bonds is 5. The standard InChI is InChI=1S/C21H26N4O3/c1-12(2)20(27)22-15-8-9-16(19(26)10-15)17-11-18(13-4-3-5-13)25(24-17)21(28)23-14-6-7-14/h8-14,26H,3-7H2,1-2H3,(H,22,27)(H,23,28). The van der Waals surface area contributed by atoms with Gasteiger partial charge in [-0.3, -0.25) is 4.79 Å². The van der Waals surface area contributed by atoms with Crippen molar-refractivity contribution in [3.05, 3.63) is 30.0 Å². The van der Waals surface area contributed by atoms with Gasteiger partial charge in [-0.05, 0) is 43.9 Å². The van der Waals surface area contributed by atoms with Gasteiger partial charge in [-0.15, -0.1) is 0 Å². The summed E-state index contributed by atoms with van der Waals surface area (Å²) in [4.78, 5) is 24.5. The lowest BCUT2D eigenvalue weighted by atomic mass is 9.82. The smallest absolute Gasteiger partial charge is 0.342 e. The van der Waals surface area contributed by atoms with E-state index in [1.807, 2.05) is 19.9 Å². The summed E-state index contributed by atoms with van der Waals surface area (Å²) in [7, 11) is 0. The normalized spacial score (nSPS) is 16.7. The second kappa shape index (κ2) is 7.30. The first-order valence-electron chi connectivity index (χ1n) is 9.97. The molecule has 0 unspecified atom stereocenters. The summed E-state index contributed by atoms with van der Waals surface area (Å²) >= 11 is 0. The minimum Gasteiger partial charge on any atom is -0.507 e. The van der Waals surface area contributed by atoms with Crippen LogP contribution in [0.4, 0.5) is 10.5 Å². The summed E-state index contributed by atoms with van der Waals surface area (Å²) < 4.78 is 1.46. The Morgan fingerprint density at radius 2 is 1.93 bits per heavy atom. The van der Waals surface area contributed by atoms with Crippen LogP contribution in [0.1, 0.15) is 57.6 Å². The Labute approximate surface area is 164 Å². The van der Waals surface area contributed by atoms with Crippen molar-refractivity contribution in [3.63, 3.8) is 0 Å². The first kappa shape index (κ1) is 18.5. The van der Waals surface area contributed by atoms with Gasteiger partial charge in [0.1, 0.15) is 5.75 Å². The Balaban J connectivity index is 1.62. The van der Waals surface area contributed by atoms with Gasteiger partial charge in [-0.25, -0.2) is 4.79 Å². The minimum absolute atomic E-state index is 0.0222. The Hall–Kier alpha value is -2.83. The van der Waals surface area contributed by atoms with E-state index in [2.05, 4.69) is 15.7 Å². The van der Waals surface area contributed by atoms with Crippen LogP contribution in [0.15, 0.2) is 24.3 Å². The molecule has 28 heavy (non-hydrogen) atoms. The summed E-state index contributed by atoms with van der Waals surface area (Å²) in [5.74, 6) is 0.0971. The maximum atomic E-state index is 12.6. The van der Waals surface area contributed by atoms with Crippen LogP contribution in [0.2, 0.25) is 0 Å². The molecule has 7 heteroatoms. The third-order valence-corrected chi connectivity index (χ3v) is 5.42. The molecule has 4 rings (SSSR count). The fourth-order valence-electron chi connectivity index (χ4n) is 3.26. The van der Waals surface area contributed by atoms with Gasteiger partial charge < -0.3 is 15.7 Å². The van der Waals surface area contributed by atoms with Crippen molar-refractivity contribution in [1.29, 1.82) is 0 Å². The maximum absolute atomic E-state index is 12.6. The van der Waals surface area contributed by atoms with Crippen LogP contribution in [-0.2, 0) is 4.79 Å². The van der Waals surface area contributed by atoms with Crippen LogP contribution in [0.5, 0.6) is 5.75 Å². The lowest BCUT2D eigenvalue weighted by molar-refractivity contribution is -0.118. The predicted molar refractivity (Wildman–Crippen MR) is 106 cm³/mol. The minimum atomic E-state index is -0.198. The molecule has 1 heterocycles. The third kappa shape index (κ3) is 3.74. The van der Waals surface area contributed by atoms with E-state index in [1.165, 1.54) is 10.7 Å². The van der Waals surface area contributed by atoms with Gasteiger partial charge in [-0.1, -0.05) is 20.3 Å². The second-order valence-corrected chi connectivity index (χ2v) is 8.09. The van der Waals surface area contributed by atoms with Crippen molar-refractivity contribution in [2.75, 3.05) is 5.32 Å². The van der Waals surface area contributed by atoms with Crippen molar-refractivity contribution in [2.45, 2.75) is 57.9 Å². The summed E-state index contributed by atoms with van der Waals surface area (Å²) in [6.45, 7) is 3.62. The van der Waals surface area contributed by atoms with E-state index in [0.717, 1.165) is 37.8 Å². The molecule has 2 saturated carbocycles. The molecule has 7 nitrogen and oxygen atoms in total. The van der Waals surface area contributed by atoms with Crippen LogP contribution >= 0.6 is 0 Å². The van der Waals surface area contributed by atoms with Crippen LogP contribution in [0.25, 0.3) is 11.3 Å². The molecule has 0 radical (unpaired) electrons. The number of nitrogens with one attached hydrogen (secondary N) is 2. The molecule has 2 aliphatic rings. The van der Waals surface area contributed by atoms with Crippen molar-refractivity contribution < 1.29 is 14.7 Å². The topological polar surface area (TPSA) is 96.3 Å². The number of hydrogen-bond donors (Lipinski definition) is 3. The number of nitrogens with zero attached hydrogens (tertiary/aromatic N) is 2. The Bertz CT molecular complexity index is 910. The van der Waals surface area contributed by atoms with E-state index < -0.39 is 0 Å². The highest BCUT2D eigenvalue weighted by Crippen LogP contribution is 2.39. The SMILES string of the molecule is CC(C)C(=O)Nc1ccc(-c2cc(C3CCC3)n(C(=O)NC3CC3)n2)c(O)c1.